The number of ether oxygens (including phenoxy) is 2. The van der Waals surface area contributed by atoms with Crippen molar-refractivity contribution in [1.29, 1.82) is 0 Å². The molecular formula is C17H19NO5. The number of allylic oxidation sites excluding steroid dienone is 2. The van der Waals surface area contributed by atoms with E-state index in [0.29, 0.717) is 17.2 Å². The first kappa shape index (κ1) is 15.4. The minimum absolute atomic E-state index is 0.00894. The van der Waals surface area contributed by atoms with Gasteiger partial charge in [0.2, 0.25) is 5.91 Å². The standard InChI is InChI=1S/C17H19NO5/c1-22-11-5-6-12(13(8-11)23-2)18-16(19)14-9-3-4-10(7-9)15(14)17(20)21/h3-6,8-10,14-15H,7H2,1-2H3,(H,18,19)(H,20,21). The van der Waals surface area contributed by atoms with Crippen LogP contribution in [0.15, 0.2) is 30.4 Å². The molecular weight excluding hydrogens is 298 g/mol. The predicted octanol–water partition coefficient (Wildman–Crippen LogP) is 2.17. The van der Waals surface area contributed by atoms with Crippen LogP contribution in [-0.2, 0) is 9.59 Å². The van der Waals surface area contributed by atoms with Crippen LogP contribution in [0.4, 0.5) is 5.69 Å². The highest BCUT2D eigenvalue weighted by Gasteiger charge is 2.51. The van der Waals surface area contributed by atoms with Crippen LogP contribution in [0.3, 0.4) is 0 Å². The van der Waals surface area contributed by atoms with E-state index in [-0.39, 0.29) is 17.7 Å². The van der Waals surface area contributed by atoms with Crippen molar-refractivity contribution in [2.24, 2.45) is 23.7 Å². The molecule has 1 amide bonds. The number of methoxy groups -OCH3 is 2. The first-order valence-corrected chi connectivity index (χ1v) is 7.49. The lowest BCUT2D eigenvalue weighted by Gasteiger charge is -2.24. The zero-order valence-corrected chi connectivity index (χ0v) is 13.0. The van der Waals surface area contributed by atoms with Crippen LogP contribution in [0.25, 0.3) is 0 Å². The Morgan fingerprint density at radius 2 is 1.83 bits per heavy atom. The number of carboxylic acid groups (broad SMARTS) is 1. The molecule has 2 bridgehead atoms. The summed E-state index contributed by atoms with van der Waals surface area (Å²) in [6.07, 6.45) is 4.61. The number of hydrogen-bond donors (Lipinski definition) is 2. The maximum absolute atomic E-state index is 12.6. The number of carboxylic acids is 1. The normalized spacial score (nSPS) is 27.7. The van der Waals surface area contributed by atoms with E-state index in [1.54, 1.807) is 25.3 Å². The third kappa shape index (κ3) is 2.65. The molecule has 0 aliphatic heterocycles. The van der Waals surface area contributed by atoms with E-state index in [4.69, 9.17) is 9.47 Å². The van der Waals surface area contributed by atoms with Crippen LogP contribution in [-0.4, -0.2) is 31.2 Å². The number of benzene rings is 1. The summed E-state index contributed by atoms with van der Waals surface area (Å²) >= 11 is 0. The van der Waals surface area contributed by atoms with Gasteiger partial charge >= 0.3 is 5.97 Å². The smallest absolute Gasteiger partial charge is 0.307 e. The van der Waals surface area contributed by atoms with Gasteiger partial charge in [0.1, 0.15) is 11.5 Å². The summed E-state index contributed by atoms with van der Waals surface area (Å²) in [6.45, 7) is 0. The largest absolute Gasteiger partial charge is 0.497 e. The fourth-order valence-electron chi connectivity index (χ4n) is 3.63. The van der Waals surface area contributed by atoms with Crippen LogP contribution in [0.2, 0.25) is 0 Å². The molecule has 3 rings (SSSR count). The third-order valence-electron chi connectivity index (χ3n) is 4.71. The Labute approximate surface area is 134 Å². The second-order valence-corrected chi connectivity index (χ2v) is 5.89. The molecule has 1 fully saturated rings. The Balaban J connectivity index is 1.82. The molecule has 122 valence electrons. The minimum Gasteiger partial charge on any atom is -0.497 e. The zero-order chi connectivity index (χ0) is 16.6. The first-order valence-electron chi connectivity index (χ1n) is 7.49. The fraction of sp³-hybridized carbons (Fsp3) is 0.412. The first-order chi connectivity index (χ1) is 11.0. The average molecular weight is 317 g/mol. The molecule has 6 nitrogen and oxygen atoms in total. The summed E-state index contributed by atoms with van der Waals surface area (Å²) in [5, 5.41) is 12.2. The molecule has 2 aliphatic carbocycles. The molecule has 1 saturated carbocycles. The average Bonchev–Trinajstić information content (AvgIpc) is 3.16. The molecule has 1 aromatic rings. The van der Waals surface area contributed by atoms with Gasteiger partial charge in [-0.15, -0.1) is 0 Å². The number of amides is 1. The van der Waals surface area contributed by atoms with E-state index in [1.165, 1.54) is 7.11 Å². The number of carbonyl (C=O) groups excluding carboxylic acids is 1. The van der Waals surface area contributed by atoms with E-state index in [2.05, 4.69) is 5.32 Å². The monoisotopic (exact) mass is 317 g/mol. The van der Waals surface area contributed by atoms with Crippen molar-refractivity contribution in [3.63, 3.8) is 0 Å². The number of aliphatic carboxylic acids is 1. The number of carbonyl (C=O) groups is 2. The van der Waals surface area contributed by atoms with Gasteiger partial charge in [0.25, 0.3) is 0 Å². The number of anilines is 1. The van der Waals surface area contributed by atoms with E-state index < -0.39 is 17.8 Å². The molecule has 4 atom stereocenters. The highest BCUT2D eigenvalue weighted by atomic mass is 16.5. The molecule has 0 aromatic heterocycles. The second-order valence-electron chi connectivity index (χ2n) is 5.89. The van der Waals surface area contributed by atoms with Gasteiger partial charge < -0.3 is 19.9 Å². The third-order valence-corrected chi connectivity index (χ3v) is 4.71. The molecule has 0 saturated heterocycles. The number of nitrogens with one attached hydrogen (secondary N) is 1. The molecule has 2 aliphatic rings. The van der Waals surface area contributed by atoms with Crippen molar-refractivity contribution in [2.75, 3.05) is 19.5 Å². The molecule has 0 heterocycles. The zero-order valence-electron chi connectivity index (χ0n) is 13.0. The minimum atomic E-state index is -0.913. The van der Waals surface area contributed by atoms with Crippen molar-refractivity contribution in [3.8, 4) is 11.5 Å². The van der Waals surface area contributed by atoms with Crippen molar-refractivity contribution in [3.05, 3.63) is 30.4 Å². The van der Waals surface area contributed by atoms with Crippen molar-refractivity contribution in [2.45, 2.75) is 6.42 Å². The second kappa shape index (κ2) is 5.95. The Kier molecular flexibility index (Phi) is 3.98. The highest BCUT2D eigenvalue weighted by Crippen LogP contribution is 2.48. The summed E-state index contributed by atoms with van der Waals surface area (Å²) in [7, 11) is 3.05. The van der Waals surface area contributed by atoms with Gasteiger partial charge in [-0.05, 0) is 30.4 Å². The molecule has 0 radical (unpaired) electrons. The van der Waals surface area contributed by atoms with Crippen LogP contribution < -0.4 is 14.8 Å². The van der Waals surface area contributed by atoms with Gasteiger partial charge in [-0.2, -0.15) is 0 Å². The highest BCUT2D eigenvalue weighted by molar-refractivity contribution is 5.97. The Morgan fingerprint density at radius 3 is 2.43 bits per heavy atom. The van der Waals surface area contributed by atoms with E-state index >= 15 is 0 Å². The molecule has 23 heavy (non-hydrogen) atoms. The molecule has 1 aromatic carbocycles. The van der Waals surface area contributed by atoms with E-state index in [0.717, 1.165) is 6.42 Å². The van der Waals surface area contributed by atoms with Gasteiger partial charge in [-0.1, -0.05) is 12.2 Å². The maximum atomic E-state index is 12.6. The van der Waals surface area contributed by atoms with Gasteiger partial charge in [-0.25, -0.2) is 0 Å². The van der Waals surface area contributed by atoms with Crippen LogP contribution >= 0.6 is 0 Å². The van der Waals surface area contributed by atoms with Crippen molar-refractivity contribution < 1.29 is 24.2 Å². The Hall–Kier alpha value is -2.50. The maximum Gasteiger partial charge on any atom is 0.307 e. The number of fused-ring (bicyclic) bond motifs is 2. The van der Waals surface area contributed by atoms with Crippen molar-refractivity contribution in [1.82, 2.24) is 0 Å². The van der Waals surface area contributed by atoms with Crippen molar-refractivity contribution >= 4 is 17.6 Å². The van der Waals surface area contributed by atoms with Crippen LogP contribution in [0.1, 0.15) is 6.42 Å². The summed E-state index contributed by atoms with van der Waals surface area (Å²) in [4.78, 5) is 24.2. The van der Waals surface area contributed by atoms with Gasteiger partial charge in [-0.3, -0.25) is 9.59 Å². The topological polar surface area (TPSA) is 84.9 Å². The fourth-order valence-corrected chi connectivity index (χ4v) is 3.63. The lowest BCUT2D eigenvalue weighted by atomic mass is 9.82. The molecule has 0 spiro atoms. The summed E-state index contributed by atoms with van der Waals surface area (Å²) < 4.78 is 10.4. The summed E-state index contributed by atoms with van der Waals surface area (Å²) in [5.41, 5.74) is 0.509. The van der Waals surface area contributed by atoms with Gasteiger partial charge in [0.15, 0.2) is 0 Å². The lowest BCUT2D eigenvalue weighted by molar-refractivity contribution is -0.146. The van der Waals surface area contributed by atoms with Crippen LogP contribution in [0.5, 0.6) is 11.5 Å². The van der Waals surface area contributed by atoms with E-state index in [1.807, 2.05) is 12.2 Å². The Bertz CT molecular complexity index is 669. The van der Waals surface area contributed by atoms with Gasteiger partial charge in [0, 0.05) is 6.07 Å². The lowest BCUT2D eigenvalue weighted by Crippen LogP contribution is -2.36. The van der Waals surface area contributed by atoms with Crippen LogP contribution in [0, 0.1) is 23.7 Å². The number of hydrogen-bond acceptors (Lipinski definition) is 4. The molecule has 6 heteroatoms. The summed E-state index contributed by atoms with van der Waals surface area (Å²) in [5.74, 6) is -1.37. The van der Waals surface area contributed by atoms with E-state index in [9.17, 15) is 14.7 Å². The van der Waals surface area contributed by atoms with Gasteiger partial charge in [0.05, 0.1) is 31.7 Å². The molecule has 2 N–H and O–H groups in total. The summed E-state index contributed by atoms with van der Waals surface area (Å²) in [6, 6.07) is 5.08. The quantitative estimate of drug-likeness (QED) is 0.813. The Morgan fingerprint density at radius 1 is 1.13 bits per heavy atom. The SMILES string of the molecule is COc1ccc(NC(=O)C2C3C=CC(C3)C2C(=O)O)c(OC)c1. The predicted molar refractivity (Wildman–Crippen MR) is 83.5 cm³/mol. The number of rotatable bonds is 5. The molecule has 4 unspecified atom stereocenters.